The zero-order valence-electron chi connectivity index (χ0n) is 11.1. The largest absolute Gasteiger partial charge is 0.396 e. The molecule has 3 unspecified atom stereocenters. The molecule has 0 bridgehead atoms. The SMILES string of the molecule is CCCC1(CC)CCCCC1(O)C(C)CO. The summed E-state index contributed by atoms with van der Waals surface area (Å²) in [4.78, 5) is 0. The maximum absolute atomic E-state index is 11.0. The first kappa shape index (κ1) is 14.0. The van der Waals surface area contributed by atoms with E-state index in [0.29, 0.717) is 0 Å². The Morgan fingerprint density at radius 1 is 1.19 bits per heavy atom. The molecular formula is C14H28O2. The van der Waals surface area contributed by atoms with Crippen LogP contribution in [0.15, 0.2) is 0 Å². The van der Waals surface area contributed by atoms with Crippen molar-refractivity contribution >= 4 is 0 Å². The Labute approximate surface area is 100 Å². The lowest BCUT2D eigenvalue weighted by molar-refractivity contribution is -0.163. The van der Waals surface area contributed by atoms with E-state index in [0.717, 1.165) is 38.5 Å². The van der Waals surface area contributed by atoms with E-state index in [9.17, 15) is 10.2 Å². The molecule has 0 spiro atoms. The summed E-state index contributed by atoms with van der Waals surface area (Å²) < 4.78 is 0. The Hall–Kier alpha value is -0.0800. The van der Waals surface area contributed by atoms with Gasteiger partial charge in [-0.15, -0.1) is 0 Å². The van der Waals surface area contributed by atoms with E-state index in [1.807, 2.05) is 6.92 Å². The molecule has 1 aliphatic rings. The second-order valence-electron chi connectivity index (χ2n) is 5.60. The van der Waals surface area contributed by atoms with Crippen LogP contribution in [0.25, 0.3) is 0 Å². The van der Waals surface area contributed by atoms with Gasteiger partial charge in [-0.25, -0.2) is 0 Å². The van der Waals surface area contributed by atoms with Crippen LogP contribution in [-0.4, -0.2) is 22.4 Å². The van der Waals surface area contributed by atoms with Crippen LogP contribution >= 0.6 is 0 Å². The standard InChI is InChI=1S/C14H28O2/c1-4-8-13(5-2)9-6-7-10-14(13,16)12(3)11-15/h12,15-16H,4-11H2,1-3H3. The van der Waals surface area contributed by atoms with Crippen LogP contribution in [0.3, 0.4) is 0 Å². The molecule has 16 heavy (non-hydrogen) atoms. The van der Waals surface area contributed by atoms with Crippen molar-refractivity contribution in [2.75, 3.05) is 6.61 Å². The van der Waals surface area contributed by atoms with Crippen molar-refractivity contribution in [3.05, 3.63) is 0 Å². The fraction of sp³-hybridized carbons (Fsp3) is 1.00. The molecule has 0 radical (unpaired) electrons. The van der Waals surface area contributed by atoms with Gasteiger partial charge in [-0.05, 0) is 31.1 Å². The molecule has 0 amide bonds. The number of hydrogen-bond acceptors (Lipinski definition) is 2. The molecule has 2 nitrogen and oxygen atoms in total. The predicted octanol–water partition coefficient (Wildman–Crippen LogP) is 3.12. The maximum atomic E-state index is 11.0. The molecule has 1 saturated carbocycles. The summed E-state index contributed by atoms with van der Waals surface area (Å²) in [7, 11) is 0. The van der Waals surface area contributed by atoms with Gasteiger partial charge in [0.2, 0.25) is 0 Å². The van der Waals surface area contributed by atoms with Gasteiger partial charge in [0.15, 0.2) is 0 Å². The van der Waals surface area contributed by atoms with Crippen molar-refractivity contribution in [3.8, 4) is 0 Å². The minimum absolute atomic E-state index is 0.000648. The van der Waals surface area contributed by atoms with Gasteiger partial charge < -0.3 is 10.2 Å². The zero-order valence-corrected chi connectivity index (χ0v) is 11.1. The molecule has 1 fully saturated rings. The topological polar surface area (TPSA) is 40.5 Å². The summed E-state index contributed by atoms with van der Waals surface area (Å²) in [6, 6.07) is 0. The first-order valence-electron chi connectivity index (χ1n) is 6.89. The van der Waals surface area contributed by atoms with E-state index in [1.165, 1.54) is 6.42 Å². The smallest absolute Gasteiger partial charge is 0.0750 e. The third-order valence-corrected chi connectivity index (χ3v) is 4.88. The minimum atomic E-state index is -0.648. The van der Waals surface area contributed by atoms with Crippen LogP contribution in [0.5, 0.6) is 0 Å². The number of hydrogen-bond donors (Lipinski definition) is 2. The van der Waals surface area contributed by atoms with Gasteiger partial charge in [0.05, 0.1) is 5.60 Å². The van der Waals surface area contributed by atoms with Crippen LogP contribution in [0.4, 0.5) is 0 Å². The Morgan fingerprint density at radius 3 is 2.31 bits per heavy atom. The highest BCUT2D eigenvalue weighted by Crippen LogP contribution is 2.53. The van der Waals surface area contributed by atoms with E-state index in [-0.39, 0.29) is 17.9 Å². The third-order valence-electron chi connectivity index (χ3n) is 4.88. The highest BCUT2D eigenvalue weighted by Gasteiger charge is 2.52. The second kappa shape index (κ2) is 5.50. The molecule has 1 rings (SSSR count). The molecule has 0 aromatic rings. The Morgan fingerprint density at radius 2 is 1.81 bits per heavy atom. The van der Waals surface area contributed by atoms with Gasteiger partial charge in [0, 0.05) is 12.5 Å². The monoisotopic (exact) mass is 228 g/mol. The fourth-order valence-electron chi connectivity index (χ4n) is 3.74. The molecule has 0 heterocycles. The van der Waals surface area contributed by atoms with Gasteiger partial charge in [-0.1, -0.05) is 40.0 Å². The van der Waals surface area contributed by atoms with E-state index >= 15 is 0 Å². The summed E-state index contributed by atoms with van der Waals surface area (Å²) in [6.45, 7) is 6.47. The highest BCUT2D eigenvalue weighted by atomic mass is 16.3. The van der Waals surface area contributed by atoms with Gasteiger partial charge in [-0.3, -0.25) is 0 Å². The lowest BCUT2D eigenvalue weighted by Crippen LogP contribution is -2.55. The van der Waals surface area contributed by atoms with Crippen LogP contribution in [0, 0.1) is 11.3 Å². The summed E-state index contributed by atoms with van der Waals surface area (Å²) >= 11 is 0. The average molecular weight is 228 g/mol. The summed E-state index contributed by atoms with van der Waals surface area (Å²) in [5, 5.41) is 20.4. The van der Waals surface area contributed by atoms with Gasteiger partial charge >= 0.3 is 0 Å². The average Bonchev–Trinajstić information content (AvgIpc) is 2.31. The number of rotatable bonds is 5. The van der Waals surface area contributed by atoms with Gasteiger partial charge in [0.25, 0.3) is 0 Å². The third kappa shape index (κ3) is 2.14. The zero-order chi connectivity index (χ0) is 12.2. The molecule has 96 valence electrons. The van der Waals surface area contributed by atoms with Crippen molar-refractivity contribution in [3.63, 3.8) is 0 Å². The van der Waals surface area contributed by atoms with Gasteiger partial charge in [-0.2, -0.15) is 0 Å². The molecule has 2 heteroatoms. The first-order valence-corrected chi connectivity index (χ1v) is 6.89. The van der Waals surface area contributed by atoms with E-state index in [4.69, 9.17) is 0 Å². The summed E-state index contributed by atoms with van der Waals surface area (Å²) in [5.74, 6) is -0.000648. The van der Waals surface area contributed by atoms with Crippen LogP contribution in [0.2, 0.25) is 0 Å². The van der Waals surface area contributed by atoms with E-state index in [1.54, 1.807) is 0 Å². The number of aliphatic hydroxyl groups excluding tert-OH is 1. The molecular weight excluding hydrogens is 200 g/mol. The molecule has 1 aliphatic carbocycles. The lowest BCUT2D eigenvalue weighted by Gasteiger charge is -2.53. The van der Waals surface area contributed by atoms with E-state index < -0.39 is 5.60 Å². The quantitative estimate of drug-likeness (QED) is 0.759. The van der Waals surface area contributed by atoms with Crippen LogP contribution in [-0.2, 0) is 0 Å². The molecule has 2 N–H and O–H groups in total. The van der Waals surface area contributed by atoms with Crippen LogP contribution in [0.1, 0.15) is 65.7 Å². The summed E-state index contributed by atoms with van der Waals surface area (Å²) in [6.07, 6.45) is 7.56. The van der Waals surface area contributed by atoms with Gasteiger partial charge in [0.1, 0.15) is 0 Å². The molecule has 0 aliphatic heterocycles. The van der Waals surface area contributed by atoms with Crippen molar-refractivity contribution in [2.45, 2.75) is 71.3 Å². The summed E-state index contributed by atoms with van der Waals surface area (Å²) in [5.41, 5.74) is -0.604. The fourth-order valence-corrected chi connectivity index (χ4v) is 3.74. The molecule has 0 aromatic heterocycles. The Kier molecular flexibility index (Phi) is 4.81. The van der Waals surface area contributed by atoms with Crippen LogP contribution < -0.4 is 0 Å². The first-order chi connectivity index (χ1) is 7.56. The van der Waals surface area contributed by atoms with Crippen molar-refractivity contribution in [1.82, 2.24) is 0 Å². The van der Waals surface area contributed by atoms with Crippen molar-refractivity contribution in [2.24, 2.45) is 11.3 Å². The maximum Gasteiger partial charge on any atom is 0.0750 e. The van der Waals surface area contributed by atoms with Crippen molar-refractivity contribution < 1.29 is 10.2 Å². The molecule has 0 aromatic carbocycles. The second-order valence-corrected chi connectivity index (χ2v) is 5.60. The highest BCUT2D eigenvalue weighted by molar-refractivity contribution is 5.03. The minimum Gasteiger partial charge on any atom is -0.396 e. The normalized spacial score (nSPS) is 37.3. The Bertz CT molecular complexity index is 206. The number of aliphatic hydroxyl groups is 2. The van der Waals surface area contributed by atoms with E-state index in [2.05, 4.69) is 13.8 Å². The predicted molar refractivity (Wildman–Crippen MR) is 67.3 cm³/mol. The van der Waals surface area contributed by atoms with Crippen molar-refractivity contribution in [1.29, 1.82) is 0 Å². The lowest BCUT2D eigenvalue weighted by atomic mass is 9.56. The molecule has 3 atom stereocenters. The molecule has 0 saturated heterocycles. The Balaban J connectivity index is 2.99.